The zero-order chi connectivity index (χ0) is 21.7. The Bertz CT molecular complexity index is 904. The molecule has 0 amide bonds. The molecule has 9 heteroatoms. The lowest BCUT2D eigenvalue weighted by molar-refractivity contribution is -0.186. The van der Waals surface area contributed by atoms with Crippen LogP contribution in [0.1, 0.15) is 27.6 Å². The van der Waals surface area contributed by atoms with Crippen LogP contribution in [-0.4, -0.2) is 48.1 Å². The molecule has 0 bridgehead atoms. The largest absolute Gasteiger partial charge is 0.459 e. The standard InChI is InChI=1S/C21H18ClFO7/c1-13(24)28-20-21(22,23)17(30-19(26)15-10-6-3-7-11-15)16(29-20)12-27-18(25)14-8-4-2-5-9-14/h2-11,16-17,20H,12H2,1H3. The zero-order valence-corrected chi connectivity index (χ0v) is 16.6. The first-order chi connectivity index (χ1) is 14.3. The van der Waals surface area contributed by atoms with Crippen LogP contribution in [0.3, 0.4) is 0 Å². The summed E-state index contributed by atoms with van der Waals surface area (Å²) in [5.74, 6) is -2.41. The van der Waals surface area contributed by atoms with Crippen LogP contribution in [0.4, 0.5) is 4.39 Å². The van der Waals surface area contributed by atoms with Crippen molar-refractivity contribution in [1.29, 1.82) is 0 Å². The molecule has 2 aromatic rings. The lowest BCUT2D eigenvalue weighted by atomic mass is 10.1. The Labute approximate surface area is 176 Å². The molecule has 0 radical (unpaired) electrons. The van der Waals surface area contributed by atoms with Crippen molar-refractivity contribution < 1.29 is 37.7 Å². The highest BCUT2D eigenvalue weighted by molar-refractivity contribution is 6.24. The van der Waals surface area contributed by atoms with E-state index < -0.39 is 48.1 Å². The number of hydrogen-bond donors (Lipinski definition) is 0. The van der Waals surface area contributed by atoms with E-state index in [-0.39, 0.29) is 11.1 Å². The normalized spacial score (nSPS) is 25.4. The Hall–Kier alpha value is -2.97. The quantitative estimate of drug-likeness (QED) is 0.390. The second-order valence-corrected chi connectivity index (χ2v) is 7.03. The van der Waals surface area contributed by atoms with E-state index in [2.05, 4.69) is 0 Å². The van der Waals surface area contributed by atoms with Crippen molar-refractivity contribution in [3.8, 4) is 0 Å². The molecule has 1 fully saturated rings. The summed E-state index contributed by atoms with van der Waals surface area (Å²) in [5, 5.41) is -2.89. The van der Waals surface area contributed by atoms with Crippen LogP contribution in [0.15, 0.2) is 60.7 Å². The zero-order valence-electron chi connectivity index (χ0n) is 15.8. The first-order valence-corrected chi connectivity index (χ1v) is 9.35. The molecular formula is C21H18ClFO7. The molecular weight excluding hydrogens is 419 g/mol. The van der Waals surface area contributed by atoms with Crippen molar-refractivity contribution in [1.82, 2.24) is 0 Å². The first kappa shape index (κ1) is 21.7. The molecule has 158 valence electrons. The number of ether oxygens (including phenoxy) is 4. The maximum Gasteiger partial charge on any atom is 0.338 e. The SMILES string of the molecule is CC(=O)OC1OC(COC(=O)c2ccccc2)C(OC(=O)c2ccccc2)C1(F)Cl. The van der Waals surface area contributed by atoms with Gasteiger partial charge in [0.05, 0.1) is 11.1 Å². The van der Waals surface area contributed by atoms with E-state index in [9.17, 15) is 14.4 Å². The summed E-state index contributed by atoms with van der Waals surface area (Å²) >= 11 is 5.92. The van der Waals surface area contributed by atoms with Gasteiger partial charge in [-0.15, -0.1) is 0 Å². The molecule has 7 nitrogen and oxygen atoms in total. The van der Waals surface area contributed by atoms with Gasteiger partial charge in [0.15, 0.2) is 6.10 Å². The second kappa shape index (κ2) is 9.23. The lowest BCUT2D eigenvalue weighted by Gasteiger charge is -2.24. The molecule has 0 spiro atoms. The summed E-state index contributed by atoms with van der Waals surface area (Å²) in [4.78, 5) is 35.9. The third-order valence-electron chi connectivity index (χ3n) is 4.23. The van der Waals surface area contributed by atoms with Crippen molar-refractivity contribution in [2.45, 2.75) is 30.5 Å². The average Bonchev–Trinajstić information content (AvgIpc) is 2.96. The van der Waals surface area contributed by atoms with Crippen molar-refractivity contribution in [3.63, 3.8) is 0 Å². The molecule has 4 atom stereocenters. The van der Waals surface area contributed by atoms with E-state index in [0.29, 0.717) is 0 Å². The van der Waals surface area contributed by atoms with Gasteiger partial charge in [-0.3, -0.25) is 4.79 Å². The minimum absolute atomic E-state index is 0.154. The van der Waals surface area contributed by atoms with Crippen LogP contribution in [-0.2, 0) is 23.7 Å². The second-order valence-electron chi connectivity index (χ2n) is 6.45. The first-order valence-electron chi connectivity index (χ1n) is 8.97. The molecule has 0 N–H and O–H groups in total. The van der Waals surface area contributed by atoms with Gasteiger partial charge in [0, 0.05) is 6.92 Å². The number of hydrogen-bond acceptors (Lipinski definition) is 7. The van der Waals surface area contributed by atoms with Crippen LogP contribution in [0.5, 0.6) is 0 Å². The molecule has 4 unspecified atom stereocenters. The molecule has 1 saturated heterocycles. The number of rotatable bonds is 6. The van der Waals surface area contributed by atoms with Gasteiger partial charge in [-0.05, 0) is 24.3 Å². The minimum Gasteiger partial charge on any atom is -0.459 e. The molecule has 2 aromatic carbocycles. The number of carbonyl (C=O) groups excluding carboxylic acids is 3. The van der Waals surface area contributed by atoms with Crippen molar-refractivity contribution in [2.24, 2.45) is 0 Å². The summed E-state index contributed by atoms with van der Waals surface area (Å²) < 4.78 is 35.7. The predicted molar refractivity (Wildman–Crippen MR) is 102 cm³/mol. The van der Waals surface area contributed by atoms with Gasteiger partial charge in [0.25, 0.3) is 11.4 Å². The van der Waals surface area contributed by atoms with E-state index in [0.717, 1.165) is 6.92 Å². The fourth-order valence-electron chi connectivity index (χ4n) is 2.81. The Kier molecular flexibility index (Phi) is 6.69. The number of carbonyl (C=O) groups is 3. The van der Waals surface area contributed by atoms with Crippen molar-refractivity contribution in [2.75, 3.05) is 6.61 Å². The van der Waals surface area contributed by atoms with E-state index in [4.69, 9.17) is 30.5 Å². The Balaban J connectivity index is 1.76. The highest BCUT2D eigenvalue weighted by Gasteiger charge is 2.61. The third kappa shape index (κ3) is 4.95. The van der Waals surface area contributed by atoms with Crippen LogP contribution >= 0.6 is 11.6 Å². The maximum atomic E-state index is 15.2. The van der Waals surface area contributed by atoms with Gasteiger partial charge in [-0.25, -0.2) is 14.0 Å². The minimum atomic E-state index is -2.89. The van der Waals surface area contributed by atoms with Crippen molar-refractivity contribution >= 4 is 29.5 Å². The van der Waals surface area contributed by atoms with Gasteiger partial charge in [0.1, 0.15) is 12.7 Å². The highest BCUT2D eigenvalue weighted by atomic mass is 35.5. The average molecular weight is 437 g/mol. The molecule has 0 aliphatic carbocycles. The molecule has 0 aromatic heterocycles. The predicted octanol–water partition coefficient (Wildman–Crippen LogP) is 3.26. The van der Waals surface area contributed by atoms with Gasteiger partial charge >= 0.3 is 17.9 Å². The molecule has 1 heterocycles. The van der Waals surface area contributed by atoms with Gasteiger partial charge in [-0.2, -0.15) is 0 Å². The van der Waals surface area contributed by atoms with Crippen LogP contribution < -0.4 is 0 Å². The van der Waals surface area contributed by atoms with E-state index in [1.54, 1.807) is 36.4 Å². The number of esters is 3. The van der Waals surface area contributed by atoms with Gasteiger partial charge in [-0.1, -0.05) is 48.0 Å². The molecule has 3 rings (SSSR count). The maximum absolute atomic E-state index is 15.2. The summed E-state index contributed by atoms with van der Waals surface area (Å²) in [5.41, 5.74) is 0.420. The highest BCUT2D eigenvalue weighted by Crippen LogP contribution is 2.41. The van der Waals surface area contributed by atoms with Crippen molar-refractivity contribution in [3.05, 3.63) is 71.8 Å². The number of benzene rings is 2. The van der Waals surface area contributed by atoms with E-state index >= 15 is 4.39 Å². The van der Waals surface area contributed by atoms with Crippen LogP contribution in [0.2, 0.25) is 0 Å². The Morgan fingerprint density at radius 3 is 2.03 bits per heavy atom. The van der Waals surface area contributed by atoms with Gasteiger partial charge in [0.2, 0.25) is 0 Å². The third-order valence-corrected chi connectivity index (χ3v) is 4.63. The topological polar surface area (TPSA) is 88.1 Å². The molecule has 1 aliphatic rings. The molecule has 0 saturated carbocycles. The fraction of sp³-hybridized carbons (Fsp3) is 0.286. The van der Waals surface area contributed by atoms with E-state index in [1.807, 2.05) is 0 Å². The molecule has 30 heavy (non-hydrogen) atoms. The summed E-state index contributed by atoms with van der Waals surface area (Å²) in [6, 6.07) is 15.9. The fourth-order valence-corrected chi connectivity index (χ4v) is 3.10. The van der Waals surface area contributed by atoms with Crippen LogP contribution in [0.25, 0.3) is 0 Å². The number of alkyl halides is 2. The molecule has 1 aliphatic heterocycles. The summed E-state index contributed by atoms with van der Waals surface area (Å²) in [6.07, 6.45) is -4.87. The van der Waals surface area contributed by atoms with E-state index in [1.165, 1.54) is 24.3 Å². The Morgan fingerprint density at radius 2 is 1.50 bits per heavy atom. The Morgan fingerprint density at radius 1 is 0.967 bits per heavy atom. The van der Waals surface area contributed by atoms with Gasteiger partial charge < -0.3 is 18.9 Å². The monoisotopic (exact) mass is 436 g/mol. The smallest absolute Gasteiger partial charge is 0.338 e. The number of halogens is 2. The summed E-state index contributed by atoms with van der Waals surface area (Å²) in [7, 11) is 0. The van der Waals surface area contributed by atoms with Crippen LogP contribution in [0, 0.1) is 0 Å². The summed E-state index contributed by atoms with van der Waals surface area (Å²) in [6.45, 7) is 0.556. The lowest BCUT2D eigenvalue weighted by Crippen LogP contribution is -2.44.